The van der Waals surface area contributed by atoms with Crippen LogP contribution in [0.3, 0.4) is 0 Å². The van der Waals surface area contributed by atoms with Crippen molar-refractivity contribution in [2.45, 2.75) is 98.4 Å². The number of ether oxygens (including phenoxy) is 2. The van der Waals surface area contributed by atoms with Gasteiger partial charge >= 0.3 is 5.97 Å². The third-order valence-corrected chi connectivity index (χ3v) is 8.37. The summed E-state index contributed by atoms with van der Waals surface area (Å²) in [5.74, 6) is -2.31. The monoisotopic (exact) mass is 518 g/mol. The topological polar surface area (TPSA) is 110 Å². The Bertz CT molecular complexity index is 963. The number of methoxy groups -OCH3 is 1. The fourth-order valence-corrected chi connectivity index (χ4v) is 5.49. The van der Waals surface area contributed by atoms with Crippen LogP contribution in [0.4, 0.5) is 0 Å². The molecule has 2 rings (SSSR count). The molecule has 0 bridgehead atoms. The SMILES string of the molecule is CO[C@@H]1CCCCC(C)[C@H](O)C(C)C(=O)C(C)(C)C(C#N)CC(=O)O[C@H](/C(C)=C/c2csc(C)n2)C1. The summed E-state index contributed by atoms with van der Waals surface area (Å²) >= 11 is 1.55. The first-order valence-corrected chi connectivity index (χ1v) is 13.7. The molecule has 0 saturated carbocycles. The van der Waals surface area contributed by atoms with E-state index in [4.69, 9.17) is 9.47 Å². The Labute approximate surface area is 219 Å². The molecule has 0 spiro atoms. The normalized spacial score (nSPS) is 31.5. The van der Waals surface area contributed by atoms with Crippen LogP contribution in [0.5, 0.6) is 0 Å². The number of aromatic nitrogens is 1. The lowest BCUT2D eigenvalue weighted by Gasteiger charge is -2.34. The molecule has 1 aliphatic heterocycles. The predicted molar refractivity (Wildman–Crippen MR) is 141 cm³/mol. The zero-order valence-corrected chi connectivity index (χ0v) is 23.6. The van der Waals surface area contributed by atoms with Crippen LogP contribution in [0.2, 0.25) is 0 Å². The molecule has 0 amide bonds. The van der Waals surface area contributed by atoms with Gasteiger partial charge in [-0.25, -0.2) is 4.98 Å². The maximum atomic E-state index is 13.4. The summed E-state index contributed by atoms with van der Waals surface area (Å²) in [4.78, 5) is 30.9. The van der Waals surface area contributed by atoms with Gasteiger partial charge in [0.25, 0.3) is 0 Å². The first kappa shape index (κ1) is 30.1. The number of aryl methyl sites for hydroxylation is 1. The summed E-state index contributed by atoms with van der Waals surface area (Å²) < 4.78 is 11.7. The lowest BCUT2D eigenvalue weighted by Crippen LogP contribution is -2.43. The molecule has 1 aliphatic rings. The van der Waals surface area contributed by atoms with E-state index in [2.05, 4.69) is 11.1 Å². The van der Waals surface area contributed by atoms with Crippen LogP contribution in [0.15, 0.2) is 11.0 Å². The first-order valence-electron chi connectivity index (χ1n) is 12.8. The summed E-state index contributed by atoms with van der Waals surface area (Å²) in [6, 6.07) is 2.16. The van der Waals surface area contributed by atoms with Crippen molar-refractivity contribution in [1.82, 2.24) is 4.98 Å². The zero-order chi connectivity index (χ0) is 27.0. The van der Waals surface area contributed by atoms with Crippen molar-refractivity contribution in [2.75, 3.05) is 7.11 Å². The Morgan fingerprint density at radius 2 is 1.97 bits per heavy atom. The highest BCUT2D eigenvalue weighted by Gasteiger charge is 2.43. The first-order chi connectivity index (χ1) is 16.9. The quantitative estimate of drug-likeness (QED) is 0.526. The van der Waals surface area contributed by atoms with Gasteiger partial charge in [0.1, 0.15) is 11.9 Å². The van der Waals surface area contributed by atoms with Crippen LogP contribution in [-0.2, 0) is 19.1 Å². The fourth-order valence-electron chi connectivity index (χ4n) is 4.92. The average Bonchev–Trinajstić information content (AvgIpc) is 3.25. The highest BCUT2D eigenvalue weighted by molar-refractivity contribution is 7.09. The molecular weight excluding hydrogens is 476 g/mol. The number of hydrogen-bond donors (Lipinski definition) is 1. The number of carbonyl (C=O) groups is 2. The second-order valence-electron chi connectivity index (χ2n) is 10.8. The number of Topliss-reactive ketones (excluding diaryl/α,β-unsaturated/α-hetero) is 1. The summed E-state index contributed by atoms with van der Waals surface area (Å²) in [6.45, 7) is 10.9. The van der Waals surface area contributed by atoms with Crippen molar-refractivity contribution >= 4 is 29.2 Å². The number of esters is 1. The van der Waals surface area contributed by atoms with Gasteiger partial charge in [0.15, 0.2) is 0 Å². The van der Waals surface area contributed by atoms with E-state index >= 15 is 0 Å². The molecule has 1 aromatic heterocycles. The second-order valence-corrected chi connectivity index (χ2v) is 11.8. The van der Waals surface area contributed by atoms with Crippen molar-refractivity contribution < 1.29 is 24.2 Å². The molecule has 7 nitrogen and oxygen atoms in total. The van der Waals surface area contributed by atoms with E-state index in [1.54, 1.807) is 39.2 Å². The molecule has 1 N–H and O–H groups in total. The largest absolute Gasteiger partial charge is 0.458 e. The minimum absolute atomic E-state index is 0.0568. The van der Waals surface area contributed by atoms with Gasteiger partial charge in [-0.1, -0.05) is 40.5 Å². The summed E-state index contributed by atoms with van der Waals surface area (Å²) in [5, 5.41) is 23.7. The fraction of sp³-hybridized carbons (Fsp3) is 0.714. The predicted octanol–water partition coefficient (Wildman–Crippen LogP) is 5.50. The molecule has 200 valence electrons. The molecular formula is C28H42N2O5S. The van der Waals surface area contributed by atoms with E-state index in [-0.39, 0.29) is 24.2 Å². The molecule has 0 aromatic carbocycles. The van der Waals surface area contributed by atoms with Crippen LogP contribution in [0, 0.1) is 41.4 Å². The van der Waals surface area contributed by atoms with Crippen LogP contribution < -0.4 is 0 Å². The lowest BCUT2D eigenvalue weighted by molar-refractivity contribution is -0.151. The summed E-state index contributed by atoms with van der Waals surface area (Å²) in [6.07, 6.45) is 4.13. The van der Waals surface area contributed by atoms with Crippen molar-refractivity contribution in [2.24, 2.45) is 23.2 Å². The number of nitrogens with zero attached hydrogens (tertiary/aromatic N) is 2. The molecule has 3 unspecified atom stereocenters. The van der Waals surface area contributed by atoms with Crippen LogP contribution >= 0.6 is 11.3 Å². The van der Waals surface area contributed by atoms with E-state index in [1.165, 1.54) is 0 Å². The molecule has 1 saturated heterocycles. The van der Waals surface area contributed by atoms with E-state index < -0.39 is 35.4 Å². The van der Waals surface area contributed by atoms with Crippen molar-refractivity contribution in [1.29, 1.82) is 5.26 Å². The van der Waals surface area contributed by atoms with Gasteiger partial charge < -0.3 is 14.6 Å². The highest BCUT2D eigenvalue weighted by atomic mass is 32.1. The molecule has 2 heterocycles. The number of ketones is 1. The number of thiazole rings is 1. The van der Waals surface area contributed by atoms with E-state index in [0.29, 0.717) is 6.42 Å². The Hall–Kier alpha value is -2.08. The van der Waals surface area contributed by atoms with Gasteiger partial charge in [0.05, 0.1) is 41.3 Å². The number of rotatable bonds is 3. The molecule has 0 radical (unpaired) electrons. The third kappa shape index (κ3) is 7.96. The number of aliphatic hydroxyl groups is 1. The number of cyclic esters (lactones) is 1. The van der Waals surface area contributed by atoms with Gasteiger partial charge in [-0.2, -0.15) is 5.26 Å². The molecule has 1 fully saturated rings. The second kappa shape index (κ2) is 13.5. The standard InChI is InChI=1S/C28H42N2O5S/c1-17-10-8-9-11-23(34-7)14-24(18(2)12-22-16-36-20(4)30-22)35-25(31)13-21(15-29)28(5,6)27(33)19(3)26(17)32/h12,16-17,19,21,23-24,26,32H,8-11,13-14H2,1-7H3/b18-12+/t17?,19?,21?,23-,24+,26+/m1/s1. The van der Waals surface area contributed by atoms with E-state index in [9.17, 15) is 20.0 Å². The third-order valence-electron chi connectivity index (χ3n) is 7.58. The van der Waals surface area contributed by atoms with Crippen LogP contribution in [-0.4, -0.2) is 47.3 Å². The molecule has 6 atom stereocenters. The Morgan fingerprint density at radius 3 is 2.56 bits per heavy atom. The van der Waals surface area contributed by atoms with Crippen LogP contribution in [0.25, 0.3) is 6.08 Å². The van der Waals surface area contributed by atoms with Gasteiger partial charge in [0, 0.05) is 30.2 Å². The Morgan fingerprint density at radius 1 is 1.31 bits per heavy atom. The minimum Gasteiger partial charge on any atom is -0.458 e. The van der Waals surface area contributed by atoms with E-state index in [0.717, 1.165) is 42.0 Å². The van der Waals surface area contributed by atoms with E-state index in [1.807, 2.05) is 32.2 Å². The molecule has 0 aliphatic carbocycles. The van der Waals surface area contributed by atoms with Crippen LogP contribution in [0.1, 0.15) is 83.8 Å². The van der Waals surface area contributed by atoms with Gasteiger partial charge in [0.2, 0.25) is 0 Å². The zero-order valence-electron chi connectivity index (χ0n) is 22.7. The summed E-state index contributed by atoms with van der Waals surface area (Å²) in [7, 11) is 1.67. The van der Waals surface area contributed by atoms with Crippen molar-refractivity contribution in [3.05, 3.63) is 21.7 Å². The van der Waals surface area contributed by atoms with Gasteiger partial charge in [-0.3, -0.25) is 9.59 Å². The van der Waals surface area contributed by atoms with Gasteiger partial charge in [-0.05, 0) is 44.3 Å². The number of aliphatic hydroxyl groups excluding tert-OH is 1. The molecule has 1 aromatic rings. The number of carbonyl (C=O) groups excluding carboxylic acids is 2. The smallest absolute Gasteiger partial charge is 0.307 e. The Balaban J connectivity index is 2.37. The molecule has 36 heavy (non-hydrogen) atoms. The maximum absolute atomic E-state index is 13.4. The lowest BCUT2D eigenvalue weighted by atomic mass is 9.69. The van der Waals surface area contributed by atoms with Crippen molar-refractivity contribution in [3.8, 4) is 6.07 Å². The van der Waals surface area contributed by atoms with Gasteiger partial charge in [-0.15, -0.1) is 11.3 Å². The summed E-state index contributed by atoms with van der Waals surface area (Å²) in [5.41, 5.74) is 0.555. The average molecular weight is 519 g/mol. The number of hydrogen-bond acceptors (Lipinski definition) is 8. The number of nitriles is 1. The molecule has 8 heteroatoms. The minimum atomic E-state index is -1.11. The van der Waals surface area contributed by atoms with Crippen molar-refractivity contribution in [3.63, 3.8) is 0 Å². The maximum Gasteiger partial charge on any atom is 0.307 e. The Kier molecular flexibility index (Phi) is 11.3. The highest BCUT2D eigenvalue weighted by Crippen LogP contribution is 2.36.